The van der Waals surface area contributed by atoms with Crippen molar-refractivity contribution in [1.29, 1.82) is 0 Å². The van der Waals surface area contributed by atoms with Crippen molar-refractivity contribution in [3.8, 4) is 0 Å². The van der Waals surface area contributed by atoms with Crippen molar-refractivity contribution < 1.29 is 4.79 Å². The first-order valence-corrected chi connectivity index (χ1v) is 8.04. The minimum absolute atomic E-state index is 0.0318. The summed E-state index contributed by atoms with van der Waals surface area (Å²) in [5.41, 5.74) is 2.27. The van der Waals surface area contributed by atoms with Crippen molar-refractivity contribution in [3.63, 3.8) is 0 Å². The summed E-state index contributed by atoms with van der Waals surface area (Å²) in [6.07, 6.45) is 0. The highest BCUT2D eigenvalue weighted by molar-refractivity contribution is 6.31. The van der Waals surface area contributed by atoms with Crippen LogP contribution < -0.4 is 10.2 Å². The molecular formula is C16H25ClN4O. The molecule has 2 amide bonds. The maximum absolute atomic E-state index is 12.1. The Morgan fingerprint density at radius 1 is 1.27 bits per heavy atom. The molecule has 1 aliphatic heterocycles. The number of anilines is 1. The van der Waals surface area contributed by atoms with Gasteiger partial charge in [0.05, 0.1) is 0 Å². The SMILES string of the molecule is Cc1c(Cl)cccc1N1CCN(C(=O)NCCN(C)C)CC1. The first kappa shape index (κ1) is 16.9. The molecule has 0 spiro atoms. The van der Waals surface area contributed by atoms with Gasteiger partial charge in [-0.3, -0.25) is 0 Å². The molecule has 1 aromatic carbocycles. The zero-order valence-electron chi connectivity index (χ0n) is 13.6. The lowest BCUT2D eigenvalue weighted by Crippen LogP contribution is -2.52. The van der Waals surface area contributed by atoms with Crippen LogP contribution in [0.25, 0.3) is 0 Å². The number of likely N-dealkylation sites (N-methyl/N-ethyl adjacent to an activating group) is 1. The van der Waals surface area contributed by atoms with E-state index in [1.165, 1.54) is 5.69 Å². The van der Waals surface area contributed by atoms with Gasteiger partial charge >= 0.3 is 6.03 Å². The lowest BCUT2D eigenvalue weighted by molar-refractivity contribution is 0.193. The van der Waals surface area contributed by atoms with E-state index in [-0.39, 0.29) is 6.03 Å². The fourth-order valence-electron chi connectivity index (χ4n) is 2.59. The second-order valence-electron chi connectivity index (χ2n) is 5.89. The summed E-state index contributed by atoms with van der Waals surface area (Å²) in [6, 6.07) is 6.01. The summed E-state index contributed by atoms with van der Waals surface area (Å²) in [4.78, 5) is 18.3. The van der Waals surface area contributed by atoms with Crippen molar-refractivity contribution in [2.45, 2.75) is 6.92 Å². The maximum Gasteiger partial charge on any atom is 0.317 e. The molecule has 1 N–H and O–H groups in total. The van der Waals surface area contributed by atoms with Gasteiger partial charge in [-0.1, -0.05) is 17.7 Å². The third-order valence-corrected chi connectivity index (χ3v) is 4.39. The lowest BCUT2D eigenvalue weighted by Gasteiger charge is -2.37. The van der Waals surface area contributed by atoms with Crippen molar-refractivity contribution in [2.75, 3.05) is 58.3 Å². The predicted octanol–water partition coefficient (Wildman–Crippen LogP) is 2.04. The van der Waals surface area contributed by atoms with Gasteiger partial charge < -0.3 is 20.0 Å². The highest BCUT2D eigenvalue weighted by Gasteiger charge is 2.22. The monoisotopic (exact) mass is 324 g/mol. The smallest absolute Gasteiger partial charge is 0.317 e. The molecule has 5 nitrogen and oxygen atoms in total. The number of rotatable bonds is 4. The minimum Gasteiger partial charge on any atom is -0.368 e. The van der Waals surface area contributed by atoms with Crippen LogP contribution >= 0.6 is 11.6 Å². The van der Waals surface area contributed by atoms with Crippen LogP contribution in [0.15, 0.2) is 18.2 Å². The van der Waals surface area contributed by atoms with E-state index in [1.54, 1.807) is 0 Å². The van der Waals surface area contributed by atoms with Gasteiger partial charge in [-0.15, -0.1) is 0 Å². The number of halogens is 1. The molecule has 0 unspecified atom stereocenters. The molecule has 1 heterocycles. The standard InChI is InChI=1S/C16H25ClN4O/c1-13-14(17)5-4-6-15(13)20-9-11-21(12-10-20)16(22)18-7-8-19(2)3/h4-6H,7-12H2,1-3H3,(H,18,22). The van der Waals surface area contributed by atoms with Gasteiger partial charge in [-0.2, -0.15) is 0 Å². The summed E-state index contributed by atoms with van der Waals surface area (Å²) in [5, 5.41) is 3.76. The Morgan fingerprint density at radius 3 is 2.59 bits per heavy atom. The van der Waals surface area contributed by atoms with E-state index in [1.807, 2.05) is 38.1 Å². The summed E-state index contributed by atoms with van der Waals surface area (Å²) in [6.45, 7) is 6.72. The van der Waals surface area contributed by atoms with Crippen LogP contribution in [0.1, 0.15) is 5.56 Å². The van der Waals surface area contributed by atoms with Gasteiger partial charge in [0.1, 0.15) is 0 Å². The number of urea groups is 1. The molecule has 0 atom stereocenters. The Hall–Kier alpha value is -1.46. The van der Waals surface area contributed by atoms with E-state index in [0.717, 1.165) is 43.3 Å². The minimum atomic E-state index is 0.0318. The van der Waals surface area contributed by atoms with E-state index >= 15 is 0 Å². The second-order valence-corrected chi connectivity index (χ2v) is 6.30. The fraction of sp³-hybridized carbons (Fsp3) is 0.562. The van der Waals surface area contributed by atoms with Gasteiger partial charge in [-0.05, 0) is 38.7 Å². The van der Waals surface area contributed by atoms with Crippen molar-refractivity contribution in [3.05, 3.63) is 28.8 Å². The molecule has 0 saturated carbocycles. The Morgan fingerprint density at radius 2 is 1.95 bits per heavy atom. The zero-order chi connectivity index (χ0) is 16.1. The number of amides is 2. The summed E-state index contributed by atoms with van der Waals surface area (Å²) in [7, 11) is 4.00. The maximum atomic E-state index is 12.1. The molecule has 1 fully saturated rings. The Kier molecular flexibility index (Phi) is 5.91. The van der Waals surface area contributed by atoms with E-state index in [9.17, 15) is 4.79 Å². The molecule has 22 heavy (non-hydrogen) atoms. The van der Waals surface area contributed by atoms with E-state index in [0.29, 0.717) is 6.54 Å². The van der Waals surface area contributed by atoms with E-state index in [4.69, 9.17) is 11.6 Å². The quantitative estimate of drug-likeness (QED) is 0.921. The van der Waals surface area contributed by atoms with Gasteiger partial charge in [0, 0.05) is 50.0 Å². The first-order valence-electron chi connectivity index (χ1n) is 7.66. The van der Waals surface area contributed by atoms with Gasteiger partial charge in [0.2, 0.25) is 0 Å². The average molecular weight is 325 g/mol. The van der Waals surface area contributed by atoms with Crippen LogP contribution in [0.2, 0.25) is 5.02 Å². The Bertz CT molecular complexity index is 513. The molecule has 1 aromatic rings. The zero-order valence-corrected chi connectivity index (χ0v) is 14.4. The average Bonchev–Trinajstić information content (AvgIpc) is 2.50. The number of carbonyl (C=O) groups is 1. The molecule has 122 valence electrons. The molecular weight excluding hydrogens is 300 g/mol. The van der Waals surface area contributed by atoms with Crippen molar-refractivity contribution >= 4 is 23.3 Å². The lowest BCUT2D eigenvalue weighted by atomic mass is 10.1. The Labute approximate surface area is 137 Å². The number of hydrogen-bond donors (Lipinski definition) is 1. The molecule has 0 bridgehead atoms. The molecule has 0 aromatic heterocycles. The van der Waals surface area contributed by atoms with Crippen LogP contribution in [0, 0.1) is 6.92 Å². The molecule has 2 rings (SSSR count). The van der Waals surface area contributed by atoms with Crippen LogP contribution in [-0.2, 0) is 0 Å². The molecule has 0 radical (unpaired) electrons. The second kappa shape index (κ2) is 7.70. The van der Waals surface area contributed by atoms with Crippen molar-refractivity contribution in [2.24, 2.45) is 0 Å². The largest absolute Gasteiger partial charge is 0.368 e. The van der Waals surface area contributed by atoms with Gasteiger partial charge in [-0.25, -0.2) is 4.79 Å². The highest BCUT2D eigenvalue weighted by atomic mass is 35.5. The predicted molar refractivity (Wildman–Crippen MR) is 91.9 cm³/mol. The first-order chi connectivity index (χ1) is 10.5. The van der Waals surface area contributed by atoms with Crippen molar-refractivity contribution in [1.82, 2.24) is 15.1 Å². The summed E-state index contributed by atoms with van der Waals surface area (Å²) < 4.78 is 0. The molecule has 0 aliphatic carbocycles. The topological polar surface area (TPSA) is 38.8 Å². The molecule has 1 aliphatic rings. The number of piperazine rings is 1. The third-order valence-electron chi connectivity index (χ3n) is 3.98. The normalized spacial score (nSPS) is 15.3. The number of nitrogens with zero attached hydrogens (tertiary/aromatic N) is 3. The van der Waals surface area contributed by atoms with Crippen LogP contribution in [0.4, 0.5) is 10.5 Å². The number of benzene rings is 1. The third kappa shape index (κ3) is 4.27. The number of carbonyl (C=O) groups excluding carboxylic acids is 1. The van der Waals surface area contributed by atoms with Crippen LogP contribution in [0.3, 0.4) is 0 Å². The van der Waals surface area contributed by atoms with Gasteiger partial charge in [0.25, 0.3) is 0 Å². The summed E-state index contributed by atoms with van der Waals surface area (Å²) >= 11 is 6.19. The van der Waals surface area contributed by atoms with Crippen LogP contribution in [-0.4, -0.2) is 69.2 Å². The number of hydrogen-bond acceptors (Lipinski definition) is 3. The van der Waals surface area contributed by atoms with Gasteiger partial charge in [0.15, 0.2) is 0 Å². The van der Waals surface area contributed by atoms with E-state index in [2.05, 4.69) is 21.2 Å². The van der Waals surface area contributed by atoms with Crippen LogP contribution in [0.5, 0.6) is 0 Å². The number of nitrogens with one attached hydrogen (secondary N) is 1. The summed E-state index contributed by atoms with van der Waals surface area (Å²) in [5.74, 6) is 0. The molecule has 1 saturated heterocycles. The highest BCUT2D eigenvalue weighted by Crippen LogP contribution is 2.27. The van der Waals surface area contributed by atoms with E-state index < -0.39 is 0 Å². The Balaban J connectivity index is 1.85. The molecule has 6 heteroatoms. The fourth-order valence-corrected chi connectivity index (χ4v) is 2.76.